The van der Waals surface area contributed by atoms with Gasteiger partial charge in [-0.25, -0.2) is 8.42 Å². The molecule has 1 aromatic rings. The van der Waals surface area contributed by atoms with Gasteiger partial charge in [0.05, 0.1) is 18.5 Å². The number of ether oxygens (including phenoxy) is 1. The first-order valence-electron chi connectivity index (χ1n) is 4.91. The highest BCUT2D eigenvalue weighted by molar-refractivity contribution is 7.89. The lowest BCUT2D eigenvalue weighted by Crippen LogP contribution is -2.39. The Labute approximate surface area is 99.6 Å². The van der Waals surface area contributed by atoms with Gasteiger partial charge in [-0.05, 0) is 20.8 Å². The van der Waals surface area contributed by atoms with Crippen molar-refractivity contribution in [1.29, 1.82) is 0 Å². The summed E-state index contributed by atoms with van der Waals surface area (Å²) in [7, 11) is -2.58. The zero-order valence-electron chi connectivity index (χ0n) is 10.1. The highest BCUT2D eigenvalue weighted by Crippen LogP contribution is 2.16. The largest absolute Gasteiger partial charge is 0.468 e. The van der Waals surface area contributed by atoms with E-state index < -0.39 is 22.0 Å². The van der Waals surface area contributed by atoms with Crippen molar-refractivity contribution in [1.82, 2.24) is 14.9 Å². The Morgan fingerprint density at radius 2 is 2.06 bits per heavy atom. The number of aryl methyl sites for hydroxylation is 2. The lowest BCUT2D eigenvalue weighted by atomic mass is 10.4. The molecule has 1 unspecified atom stereocenters. The second-order valence-electron chi connectivity index (χ2n) is 3.63. The first-order chi connectivity index (χ1) is 7.79. The van der Waals surface area contributed by atoms with E-state index in [0.29, 0.717) is 11.4 Å². The fourth-order valence-electron chi connectivity index (χ4n) is 1.45. The Bertz CT molecular complexity index is 501. The van der Waals surface area contributed by atoms with Crippen molar-refractivity contribution in [2.24, 2.45) is 0 Å². The summed E-state index contributed by atoms with van der Waals surface area (Å²) in [5.74, 6) is -0.646. The second-order valence-corrected chi connectivity index (χ2v) is 5.28. The number of nitrogens with one attached hydrogen (secondary N) is 2. The highest BCUT2D eigenvalue weighted by atomic mass is 32.2. The van der Waals surface area contributed by atoms with Gasteiger partial charge in [0.25, 0.3) is 0 Å². The standard InChI is InChI=1S/C9H15N3O4S/c1-5-8(6(2)11-10-5)17(14,15)12-7(3)9(13)16-4/h7,12H,1-4H3,(H,10,11). The Morgan fingerprint density at radius 3 is 2.47 bits per heavy atom. The number of H-pyrrole nitrogens is 1. The fourth-order valence-corrected chi connectivity index (χ4v) is 3.02. The number of aromatic nitrogens is 2. The predicted octanol–water partition coefficient (Wildman–Crippen LogP) is -0.134. The summed E-state index contributed by atoms with van der Waals surface area (Å²) < 4.78 is 30.6. The molecule has 0 aliphatic rings. The van der Waals surface area contributed by atoms with Crippen molar-refractivity contribution in [3.8, 4) is 0 Å². The topological polar surface area (TPSA) is 101 Å². The van der Waals surface area contributed by atoms with E-state index in [2.05, 4.69) is 19.7 Å². The van der Waals surface area contributed by atoms with Crippen LogP contribution in [0.25, 0.3) is 0 Å². The van der Waals surface area contributed by atoms with E-state index in [1.54, 1.807) is 13.8 Å². The van der Waals surface area contributed by atoms with Crippen molar-refractivity contribution in [2.75, 3.05) is 7.11 Å². The van der Waals surface area contributed by atoms with E-state index >= 15 is 0 Å². The lowest BCUT2D eigenvalue weighted by molar-refractivity contribution is -0.142. The number of sulfonamides is 1. The van der Waals surface area contributed by atoms with Crippen molar-refractivity contribution < 1.29 is 17.9 Å². The smallest absolute Gasteiger partial charge is 0.323 e. The molecule has 0 radical (unpaired) electrons. The molecule has 8 heteroatoms. The first kappa shape index (κ1) is 13.7. The van der Waals surface area contributed by atoms with E-state index in [1.807, 2.05) is 0 Å². The summed E-state index contributed by atoms with van der Waals surface area (Å²) in [6, 6.07) is -0.946. The molecule has 1 aromatic heterocycles. The minimum Gasteiger partial charge on any atom is -0.468 e. The van der Waals surface area contributed by atoms with Gasteiger partial charge in [-0.15, -0.1) is 0 Å². The Morgan fingerprint density at radius 1 is 1.47 bits per heavy atom. The van der Waals surface area contributed by atoms with Crippen LogP contribution in [0.5, 0.6) is 0 Å². The van der Waals surface area contributed by atoms with E-state index in [9.17, 15) is 13.2 Å². The lowest BCUT2D eigenvalue weighted by Gasteiger charge is -2.12. The summed E-state index contributed by atoms with van der Waals surface area (Å²) in [5.41, 5.74) is 0.777. The number of rotatable bonds is 4. The van der Waals surface area contributed by atoms with Gasteiger partial charge in [-0.1, -0.05) is 0 Å². The van der Waals surface area contributed by atoms with Gasteiger partial charge >= 0.3 is 5.97 Å². The molecule has 17 heavy (non-hydrogen) atoms. The minimum atomic E-state index is -3.78. The maximum atomic E-state index is 12.0. The molecular formula is C9H15N3O4S. The molecule has 7 nitrogen and oxygen atoms in total. The molecule has 0 bridgehead atoms. The van der Waals surface area contributed by atoms with Gasteiger partial charge in [-0.3, -0.25) is 9.89 Å². The van der Waals surface area contributed by atoms with Crippen LogP contribution in [-0.2, 0) is 19.6 Å². The van der Waals surface area contributed by atoms with E-state index in [4.69, 9.17) is 0 Å². The zero-order valence-corrected chi connectivity index (χ0v) is 10.9. The number of carbonyl (C=O) groups excluding carboxylic acids is 1. The molecule has 1 atom stereocenters. The van der Waals surface area contributed by atoms with Crippen LogP contribution in [0, 0.1) is 13.8 Å². The normalized spacial score (nSPS) is 13.4. The first-order valence-corrected chi connectivity index (χ1v) is 6.39. The average Bonchev–Trinajstić information content (AvgIpc) is 2.57. The molecular weight excluding hydrogens is 246 g/mol. The van der Waals surface area contributed by atoms with Gasteiger partial charge in [0.15, 0.2) is 0 Å². The SMILES string of the molecule is COC(=O)C(C)NS(=O)(=O)c1c(C)n[nH]c1C. The number of nitrogens with zero attached hydrogens (tertiary/aromatic N) is 1. The number of methoxy groups -OCH3 is 1. The van der Waals surface area contributed by atoms with Crippen LogP contribution in [0.4, 0.5) is 0 Å². The monoisotopic (exact) mass is 261 g/mol. The minimum absolute atomic E-state index is 0.0632. The van der Waals surface area contributed by atoms with Crippen LogP contribution in [-0.4, -0.2) is 37.7 Å². The van der Waals surface area contributed by atoms with Crippen LogP contribution >= 0.6 is 0 Å². The summed E-state index contributed by atoms with van der Waals surface area (Å²) in [6.07, 6.45) is 0. The molecule has 1 rings (SSSR count). The molecule has 2 N–H and O–H groups in total. The van der Waals surface area contributed by atoms with Crippen LogP contribution in [0.3, 0.4) is 0 Å². The van der Waals surface area contributed by atoms with Gasteiger partial charge < -0.3 is 4.74 Å². The van der Waals surface area contributed by atoms with Gasteiger partial charge in [0.2, 0.25) is 10.0 Å². The van der Waals surface area contributed by atoms with E-state index in [0.717, 1.165) is 0 Å². The molecule has 0 aromatic carbocycles. The van der Waals surface area contributed by atoms with Crippen LogP contribution < -0.4 is 4.72 Å². The Hall–Kier alpha value is -1.41. The summed E-state index contributed by atoms with van der Waals surface area (Å²) in [5, 5.41) is 6.37. The maximum absolute atomic E-state index is 12.0. The van der Waals surface area contributed by atoms with E-state index in [-0.39, 0.29) is 4.90 Å². The molecule has 96 valence electrons. The van der Waals surface area contributed by atoms with Gasteiger partial charge in [-0.2, -0.15) is 9.82 Å². The fraction of sp³-hybridized carbons (Fsp3) is 0.556. The quantitative estimate of drug-likeness (QED) is 0.735. The third kappa shape index (κ3) is 2.83. The predicted molar refractivity (Wildman–Crippen MR) is 59.9 cm³/mol. The van der Waals surface area contributed by atoms with Crippen LogP contribution in [0.1, 0.15) is 18.3 Å². The zero-order chi connectivity index (χ0) is 13.2. The van der Waals surface area contributed by atoms with Crippen molar-refractivity contribution in [3.63, 3.8) is 0 Å². The maximum Gasteiger partial charge on any atom is 0.323 e. The van der Waals surface area contributed by atoms with E-state index in [1.165, 1.54) is 14.0 Å². The molecule has 0 saturated heterocycles. The van der Waals surface area contributed by atoms with Crippen molar-refractivity contribution in [3.05, 3.63) is 11.4 Å². The van der Waals surface area contributed by atoms with Crippen LogP contribution in [0.15, 0.2) is 4.90 Å². The average molecular weight is 261 g/mol. The molecule has 0 aliphatic carbocycles. The molecule has 0 spiro atoms. The van der Waals surface area contributed by atoms with Gasteiger partial charge in [0.1, 0.15) is 10.9 Å². The number of esters is 1. The summed E-state index contributed by atoms with van der Waals surface area (Å²) in [4.78, 5) is 11.2. The number of carbonyl (C=O) groups is 1. The van der Waals surface area contributed by atoms with Gasteiger partial charge in [0, 0.05) is 0 Å². The number of hydrogen-bond acceptors (Lipinski definition) is 5. The molecule has 1 heterocycles. The number of hydrogen-bond donors (Lipinski definition) is 2. The molecule has 0 fully saturated rings. The highest BCUT2D eigenvalue weighted by Gasteiger charge is 2.26. The van der Waals surface area contributed by atoms with Crippen molar-refractivity contribution in [2.45, 2.75) is 31.7 Å². The number of aromatic amines is 1. The van der Waals surface area contributed by atoms with Crippen molar-refractivity contribution >= 4 is 16.0 Å². The Balaban J connectivity index is 3.02. The molecule has 0 amide bonds. The Kier molecular flexibility index (Phi) is 3.89. The molecule has 0 saturated carbocycles. The summed E-state index contributed by atoms with van der Waals surface area (Å²) >= 11 is 0. The second kappa shape index (κ2) is 4.84. The molecule has 0 aliphatic heterocycles. The third-order valence-electron chi connectivity index (χ3n) is 2.22. The van der Waals surface area contributed by atoms with Crippen LogP contribution in [0.2, 0.25) is 0 Å². The summed E-state index contributed by atoms with van der Waals surface area (Å²) in [6.45, 7) is 4.58. The third-order valence-corrected chi connectivity index (χ3v) is 4.02.